The van der Waals surface area contributed by atoms with Gasteiger partial charge in [-0.25, -0.2) is 0 Å². The van der Waals surface area contributed by atoms with E-state index in [1.54, 1.807) is 18.2 Å². The summed E-state index contributed by atoms with van der Waals surface area (Å²) in [5.41, 5.74) is 3.92. The average molecular weight is 365 g/mol. The molecule has 2 aromatic carbocycles. The van der Waals surface area contributed by atoms with Crippen LogP contribution in [0.25, 0.3) is 0 Å². The zero-order valence-corrected chi connectivity index (χ0v) is 15.3. The van der Waals surface area contributed by atoms with E-state index in [1.165, 1.54) is 11.1 Å². The predicted octanol–water partition coefficient (Wildman–Crippen LogP) is 2.19. The summed E-state index contributed by atoms with van der Waals surface area (Å²) < 4.78 is 5.39. The number of amides is 2. The standard InChI is InChI=1S/C21H23N3O3/c1-14(11-24-9-8-15-4-2-3-5-17(15)12-24)22-21(26)16-6-7-18-19(10-16)27-13-20(25)23-18/h2-7,10,14H,8-9,11-13H2,1H3,(H,22,26)(H,23,25)/t14-/m1/s1. The Morgan fingerprint density at radius 1 is 1.26 bits per heavy atom. The molecule has 4 rings (SSSR count). The van der Waals surface area contributed by atoms with Crippen molar-refractivity contribution >= 4 is 17.5 Å². The number of nitrogens with zero attached hydrogens (tertiary/aromatic N) is 1. The molecule has 6 heteroatoms. The Balaban J connectivity index is 1.35. The second-order valence-corrected chi connectivity index (χ2v) is 7.18. The maximum Gasteiger partial charge on any atom is 0.262 e. The molecule has 2 amide bonds. The maximum absolute atomic E-state index is 12.6. The monoisotopic (exact) mass is 365 g/mol. The molecule has 2 N–H and O–H groups in total. The van der Waals surface area contributed by atoms with E-state index in [9.17, 15) is 9.59 Å². The molecule has 0 fully saturated rings. The first-order valence-electron chi connectivity index (χ1n) is 9.25. The van der Waals surface area contributed by atoms with Crippen LogP contribution in [0.3, 0.4) is 0 Å². The van der Waals surface area contributed by atoms with Crippen molar-refractivity contribution in [1.82, 2.24) is 10.2 Å². The molecule has 0 aromatic heterocycles. The summed E-state index contributed by atoms with van der Waals surface area (Å²) in [4.78, 5) is 26.3. The van der Waals surface area contributed by atoms with Gasteiger partial charge in [-0.2, -0.15) is 0 Å². The maximum atomic E-state index is 12.6. The average Bonchev–Trinajstić information content (AvgIpc) is 2.67. The molecule has 0 saturated carbocycles. The van der Waals surface area contributed by atoms with Crippen molar-refractivity contribution in [1.29, 1.82) is 0 Å². The van der Waals surface area contributed by atoms with Gasteiger partial charge in [-0.05, 0) is 42.7 Å². The van der Waals surface area contributed by atoms with Crippen LogP contribution in [0.1, 0.15) is 28.4 Å². The fourth-order valence-electron chi connectivity index (χ4n) is 3.67. The number of fused-ring (bicyclic) bond motifs is 2. The highest BCUT2D eigenvalue weighted by Gasteiger charge is 2.21. The van der Waals surface area contributed by atoms with Crippen LogP contribution in [0.5, 0.6) is 5.75 Å². The van der Waals surface area contributed by atoms with E-state index in [4.69, 9.17) is 4.74 Å². The zero-order valence-electron chi connectivity index (χ0n) is 15.3. The highest BCUT2D eigenvalue weighted by molar-refractivity contribution is 5.99. The van der Waals surface area contributed by atoms with E-state index in [0.29, 0.717) is 17.0 Å². The van der Waals surface area contributed by atoms with Gasteiger partial charge in [0.05, 0.1) is 5.69 Å². The molecule has 0 bridgehead atoms. The van der Waals surface area contributed by atoms with Gasteiger partial charge in [-0.3, -0.25) is 14.5 Å². The van der Waals surface area contributed by atoms with Gasteiger partial charge in [0.25, 0.3) is 11.8 Å². The minimum atomic E-state index is -0.184. The van der Waals surface area contributed by atoms with Crippen LogP contribution in [0.2, 0.25) is 0 Å². The molecule has 0 saturated heterocycles. The summed E-state index contributed by atoms with van der Waals surface area (Å²) in [6.45, 7) is 4.72. The number of benzene rings is 2. The van der Waals surface area contributed by atoms with E-state index >= 15 is 0 Å². The van der Waals surface area contributed by atoms with Crippen LogP contribution in [0.15, 0.2) is 42.5 Å². The van der Waals surface area contributed by atoms with Crippen molar-refractivity contribution < 1.29 is 14.3 Å². The number of ether oxygens (including phenoxy) is 1. The van der Waals surface area contributed by atoms with Crippen LogP contribution >= 0.6 is 0 Å². The Morgan fingerprint density at radius 2 is 2.07 bits per heavy atom. The molecule has 2 aliphatic heterocycles. The van der Waals surface area contributed by atoms with Crippen molar-refractivity contribution in [3.05, 3.63) is 59.2 Å². The minimum Gasteiger partial charge on any atom is -0.482 e. The van der Waals surface area contributed by atoms with Gasteiger partial charge in [0, 0.05) is 31.2 Å². The molecule has 2 aliphatic rings. The molecule has 6 nitrogen and oxygen atoms in total. The molecule has 140 valence electrons. The Hall–Kier alpha value is -2.86. The van der Waals surface area contributed by atoms with Crippen LogP contribution in [0.4, 0.5) is 5.69 Å². The molecule has 2 heterocycles. The summed E-state index contributed by atoms with van der Waals surface area (Å²) >= 11 is 0. The molecule has 2 aromatic rings. The van der Waals surface area contributed by atoms with Crippen LogP contribution in [-0.2, 0) is 17.8 Å². The second-order valence-electron chi connectivity index (χ2n) is 7.18. The first kappa shape index (κ1) is 17.5. The molecule has 0 radical (unpaired) electrons. The van der Waals surface area contributed by atoms with Gasteiger partial charge in [0.1, 0.15) is 5.75 Å². The molecular formula is C21H23N3O3. The van der Waals surface area contributed by atoms with E-state index in [1.807, 2.05) is 6.92 Å². The third kappa shape index (κ3) is 3.95. The summed E-state index contributed by atoms with van der Waals surface area (Å²) in [6, 6.07) is 13.6. The number of hydrogen-bond donors (Lipinski definition) is 2. The highest BCUT2D eigenvalue weighted by Crippen LogP contribution is 2.28. The van der Waals surface area contributed by atoms with Crippen LogP contribution in [-0.4, -0.2) is 42.5 Å². The van der Waals surface area contributed by atoms with Gasteiger partial charge in [-0.1, -0.05) is 24.3 Å². The van der Waals surface area contributed by atoms with Crippen molar-refractivity contribution in [2.24, 2.45) is 0 Å². The largest absolute Gasteiger partial charge is 0.482 e. The quantitative estimate of drug-likeness (QED) is 0.871. The van der Waals surface area contributed by atoms with E-state index in [2.05, 4.69) is 39.8 Å². The normalized spacial score (nSPS) is 17.1. The lowest BCUT2D eigenvalue weighted by Crippen LogP contribution is -2.43. The number of hydrogen-bond acceptors (Lipinski definition) is 4. The van der Waals surface area contributed by atoms with Gasteiger partial charge < -0.3 is 15.4 Å². The Morgan fingerprint density at radius 3 is 2.93 bits per heavy atom. The first-order valence-corrected chi connectivity index (χ1v) is 9.25. The minimum absolute atomic E-state index is 0.0229. The van der Waals surface area contributed by atoms with Gasteiger partial charge >= 0.3 is 0 Å². The third-order valence-electron chi connectivity index (χ3n) is 5.00. The van der Waals surface area contributed by atoms with E-state index in [-0.39, 0.29) is 24.5 Å². The lowest BCUT2D eigenvalue weighted by Gasteiger charge is -2.31. The van der Waals surface area contributed by atoms with E-state index < -0.39 is 0 Å². The van der Waals surface area contributed by atoms with Gasteiger partial charge in [0.2, 0.25) is 0 Å². The third-order valence-corrected chi connectivity index (χ3v) is 5.00. The summed E-state index contributed by atoms with van der Waals surface area (Å²) in [6.07, 6.45) is 1.05. The SMILES string of the molecule is C[C@H](CN1CCc2ccccc2C1)NC(=O)c1ccc2c(c1)OCC(=O)N2. The Labute approximate surface area is 158 Å². The Kier molecular flexibility index (Phi) is 4.81. The topological polar surface area (TPSA) is 70.7 Å². The van der Waals surface area contributed by atoms with Crippen molar-refractivity contribution in [3.63, 3.8) is 0 Å². The Bertz CT molecular complexity index is 881. The number of carbonyl (C=O) groups excluding carboxylic acids is 2. The summed E-state index contributed by atoms with van der Waals surface area (Å²) in [7, 11) is 0. The predicted molar refractivity (Wildman–Crippen MR) is 103 cm³/mol. The molecular weight excluding hydrogens is 342 g/mol. The molecule has 27 heavy (non-hydrogen) atoms. The molecule has 0 spiro atoms. The van der Waals surface area contributed by atoms with E-state index in [0.717, 1.165) is 26.1 Å². The van der Waals surface area contributed by atoms with Gasteiger partial charge in [0.15, 0.2) is 6.61 Å². The lowest BCUT2D eigenvalue weighted by atomic mass is 9.99. The molecule has 0 unspecified atom stereocenters. The fourth-order valence-corrected chi connectivity index (χ4v) is 3.67. The summed E-state index contributed by atoms with van der Waals surface area (Å²) in [5, 5.41) is 5.79. The highest BCUT2D eigenvalue weighted by atomic mass is 16.5. The fraction of sp³-hybridized carbons (Fsp3) is 0.333. The number of anilines is 1. The number of rotatable bonds is 4. The lowest BCUT2D eigenvalue weighted by molar-refractivity contribution is -0.118. The number of carbonyl (C=O) groups is 2. The van der Waals surface area contributed by atoms with Crippen LogP contribution < -0.4 is 15.4 Å². The van der Waals surface area contributed by atoms with Crippen molar-refractivity contribution in [3.8, 4) is 5.75 Å². The summed E-state index contributed by atoms with van der Waals surface area (Å²) in [5.74, 6) is 0.210. The molecule has 0 aliphatic carbocycles. The zero-order chi connectivity index (χ0) is 18.8. The molecule has 1 atom stereocenters. The second kappa shape index (κ2) is 7.40. The first-order chi connectivity index (χ1) is 13.1. The van der Waals surface area contributed by atoms with Crippen LogP contribution in [0, 0.1) is 0 Å². The van der Waals surface area contributed by atoms with Gasteiger partial charge in [-0.15, -0.1) is 0 Å². The van der Waals surface area contributed by atoms with Crippen molar-refractivity contribution in [2.45, 2.75) is 25.9 Å². The van der Waals surface area contributed by atoms with Crippen molar-refractivity contribution in [2.75, 3.05) is 25.0 Å². The smallest absolute Gasteiger partial charge is 0.262 e. The number of nitrogens with one attached hydrogen (secondary N) is 2.